The van der Waals surface area contributed by atoms with Gasteiger partial charge in [-0.25, -0.2) is 0 Å². The molecule has 0 aliphatic rings. The maximum absolute atomic E-state index is 12.9. The Morgan fingerprint density at radius 1 is 1.12 bits per heavy atom. The van der Waals surface area contributed by atoms with Crippen molar-refractivity contribution in [3.05, 3.63) is 57.0 Å². The summed E-state index contributed by atoms with van der Waals surface area (Å²) in [6.07, 6.45) is 1.34. The molecule has 1 aromatic rings. The van der Waals surface area contributed by atoms with Gasteiger partial charge in [-0.15, -0.1) is 0 Å². The number of nitrogens with one attached hydrogen (secondary N) is 2. The van der Waals surface area contributed by atoms with Crippen molar-refractivity contribution in [3.63, 3.8) is 0 Å². The van der Waals surface area contributed by atoms with Gasteiger partial charge in [-0.2, -0.15) is 0 Å². The zero-order chi connectivity index (χ0) is 23.9. The number of nitrogens with zero attached hydrogens (tertiary/aromatic N) is 1. The first-order chi connectivity index (χ1) is 15.3. The van der Waals surface area contributed by atoms with E-state index < -0.39 is 0 Å². The maximum atomic E-state index is 12.9. The van der Waals surface area contributed by atoms with Crippen LogP contribution in [0.5, 0.6) is 0 Å². The molecule has 0 unspecified atom stereocenters. The molecule has 0 aliphatic heterocycles. The highest BCUT2D eigenvalue weighted by Crippen LogP contribution is 2.22. The molecule has 0 atom stereocenters. The molecule has 10 heteroatoms. The largest absolute Gasteiger partial charge is 0.404 e. The Morgan fingerprint density at radius 2 is 1.81 bits per heavy atom. The summed E-state index contributed by atoms with van der Waals surface area (Å²) in [5.74, 6) is 0.184. The van der Waals surface area contributed by atoms with Crippen LogP contribution in [-0.4, -0.2) is 56.3 Å². The highest BCUT2D eigenvalue weighted by atomic mass is 35.5. The Balaban J connectivity index is 2.70. The summed E-state index contributed by atoms with van der Waals surface area (Å²) in [6.45, 7) is 7.55. The van der Waals surface area contributed by atoms with Gasteiger partial charge in [0.25, 0.3) is 5.91 Å². The topological polar surface area (TPSA) is 118 Å². The molecule has 0 heterocycles. The van der Waals surface area contributed by atoms with Gasteiger partial charge in [-0.3, -0.25) is 9.79 Å². The van der Waals surface area contributed by atoms with E-state index in [4.69, 9.17) is 43.5 Å². The van der Waals surface area contributed by atoms with E-state index in [0.29, 0.717) is 47.8 Å². The predicted octanol–water partition coefficient (Wildman–Crippen LogP) is 2.78. The van der Waals surface area contributed by atoms with E-state index in [1.54, 1.807) is 19.1 Å². The van der Waals surface area contributed by atoms with Crippen LogP contribution in [-0.2, 0) is 20.8 Å². The molecule has 1 aromatic carbocycles. The standard InChI is InChI=1S/C22H32Cl2N4O4/c1-15(2)21(27-14-17-4-5-18(23)19(24)12-17)28-22(30)20(16(3)13-25)26-6-8-31-10-11-32-9-7-29/h4-5,12-13,27,29H,6-11,14,25H2,1-3H3,(H,28,30)/b16-13-,26-20?. The van der Waals surface area contributed by atoms with Crippen LogP contribution in [0.15, 0.2) is 46.4 Å². The number of carbonyl (C=O) groups is 1. The normalized spacial score (nSPS) is 11.9. The Bertz CT molecular complexity index is 837. The number of hydrogen-bond acceptors (Lipinski definition) is 7. The third kappa shape index (κ3) is 10.5. The van der Waals surface area contributed by atoms with Crippen LogP contribution in [0.3, 0.4) is 0 Å². The van der Waals surface area contributed by atoms with Crippen molar-refractivity contribution in [1.29, 1.82) is 0 Å². The fourth-order valence-electron chi connectivity index (χ4n) is 2.42. The molecule has 0 saturated carbocycles. The lowest BCUT2D eigenvalue weighted by molar-refractivity contribution is -0.114. The second kappa shape index (κ2) is 15.7. The number of carbonyl (C=O) groups excluding carboxylic acids is 1. The van der Waals surface area contributed by atoms with Crippen LogP contribution < -0.4 is 16.4 Å². The average Bonchev–Trinajstić information content (AvgIpc) is 2.77. The molecule has 8 nitrogen and oxygen atoms in total. The zero-order valence-corrected chi connectivity index (χ0v) is 20.2. The molecule has 178 valence electrons. The van der Waals surface area contributed by atoms with Gasteiger partial charge in [0.1, 0.15) is 11.5 Å². The van der Waals surface area contributed by atoms with E-state index in [9.17, 15) is 4.79 Å². The fourth-order valence-corrected chi connectivity index (χ4v) is 2.74. The SMILES string of the molecule is CC(C)=C(NCc1ccc(Cl)c(Cl)c1)NC(=O)C(=NCCOCCOCCO)/C(C)=C\N. The first-order valence-corrected chi connectivity index (χ1v) is 10.9. The number of allylic oxidation sites excluding steroid dienone is 1. The average molecular weight is 487 g/mol. The van der Waals surface area contributed by atoms with E-state index >= 15 is 0 Å². The number of rotatable bonds is 14. The first-order valence-electron chi connectivity index (χ1n) is 10.2. The Hall–Kier alpha value is -2.10. The summed E-state index contributed by atoms with van der Waals surface area (Å²) in [5.41, 5.74) is 8.19. The van der Waals surface area contributed by atoms with Crippen molar-refractivity contribution in [2.75, 3.05) is 39.6 Å². The lowest BCUT2D eigenvalue weighted by Crippen LogP contribution is -2.37. The van der Waals surface area contributed by atoms with Gasteiger partial charge in [-0.05, 0) is 55.8 Å². The number of nitrogens with two attached hydrogens (primary N) is 1. The van der Waals surface area contributed by atoms with Crippen LogP contribution in [0, 0.1) is 0 Å². The number of ether oxygens (including phenoxy) is 2. The fraction of sp³-hybridized carbons (Fsp3) is 0.455. The van der Waals surface area contributed by atoms with Gasteiger partial charge in [0.15, 0.2) is 0 Å². The van der Waals surface area contributed by atoms with Crippen LogP contribution in [0.4, 0.5) is 0 Å². The van der Waals surface area contributed by atoms with Gasteiger partial charge in [0, 0.05) is 6.54 Å². The van der Waals surface area contributed by atoms with Crippen LogP contribution in [0.25, 0.3) is 0 Å². The third-order valence-corrected chi connectivity index (χ3v) is 4.88. The molecule has 0 aliphatic carbocycles. The highest BCUT2D eigenvalue weighted by molar-refractivity contribution is 6.45. The van der Waals surface area contributed by atoms with E-state index in [1.165, 1.54) is 6.20 Å². The summed E-state index contributed by atoms with van der Waals surface area (Å²) in [7, 11) is 0. The Kier molecular flexibility index (Phi) is 13.7. The monoisotopic (exact) mass is 486 g/mol. The van der Waals surface area contributed by atoms with Crippen LogP contribution >= 0.6 is 23.2 Å². The van der Waals surface area contributed by atoms with Crippen LogP contribution in [0.1, 0.15) is 26.3 Å². The molecule has 0 aromatic heterocycles. The Labute approximate surface area is 199 Å². The minimum atomic E-state index is -0.381. The van der Waals surface area contributed by atoms with E-state index in [0.717, 1.165) is 11.1 Å². The van der Waals surface area contributed by atoms with Gasteiger partial charge in [-0.1, -0.05) is 29.3 Å². The first kappa shape index (κ1) is 27.9. The van der Waals surface area contributed by atoms with Crippen molar-refractivity contribution in [1.82, 2.24) is 10.6 Å². The number of hydrogen-bond donors (Lipinski definition) is 4. The maximum Gasteiger partial charge on any atom is 0.275 e. The van der Waals surface area contributed by atoms with Gasteiger partial charge in [0.2, 0.25) is 0 Å². The van der Waals surface area contributed by atoms with Gasteiger partial charge >= 0.3 is 0 Å². The summed E-state index contributed by atoms with van der Waals surface area (Å²) in [4.78, 5) is 17.2. The molecular weight excluding hydrogens is 455 g/mol. The number of aliphatic imine (C=N–C) groups is 1. The molecule has 0 radical (unpaired) electrons. The number of amides is 1. The molecule has 0 saturated heterocycles. The smallest absolute Gasteiger partial charge is 0.275 e. The molecule has 1 rings (SSSR count). The van der Waals surface area contributed by atoms with Crippen molar-refractivity contribution in [2.24, 2.45) is 10.7 Å². The summed E-state index contributed by atoms with van der Waals surface area (Å²) >= 11 is 12.0. The Morgan fingerprint density at radius 3 is 2.41 bits per heavy atom. The zero-order valence-electron chi connectivity index (χ0n) is 18.7. The number of aliphatic hydroxyl groups is 1. The quantitative estimate of drug-likeness (QED) is 0.237. The second-order valence-corrected chi connectivity index (χ2v) is 7.77. The van der Waals surface area contributed by atoms with Crippen molar-refractivity contribution in [3.8, 4) is 0 Å². The van der Waals surface area contributed by atoms with Crippen molar-refractivity contribution >= 4 is 34.8 Å². The molecule has 5 N–H and O–H groups in total. The summed E-state index contributed by atoms with van der Waals surface area (Å²) in [5, 5.41) is 15.7. The molecule has 32 heavy (non-hydrogen) atoms. The van der Waals surface area contributed by atoms with Crippen LogP contribution in [0.2, 0.25) is 10.0 Å². The lowest BCUT2D eigenvalue weighted by atomic mass is 10.1. The summed E-state index contributed by atoms with van der Waals surface area (Å²) in [6, 6.07) is 5.35. The second-order valence-electron chi connectivity index (χ2n) is 6.96. The molecule has 0 spiro atoms. The summed E-state index contributed by atoms with van der Waals surface area (Å²) < 4.78 is 10.5. The molecule has 0 bridgehead atoms. The van der Waals surface area contributed by atoms with Crippen molar-refractivity contribution in [2.45, 2.75) is 27.3 Å². The molecule has 0 fully saturated rings. The third-order valence-electron chi connectivity index (χ3n) is 4.14. The lowest BCUT2D eigenvalue weighted by Gasteiger charge is -2.16. The highest BCUT2D eigenvalue weighted by Gasteiger charge is 2.15. The van der Waals surface area contributed by atoms with E-state index in [-0.39, 0.29) is 31.4 Å². The number of halogens is 2. The molecule has 1 amide bonds. The van der Waals surface area contributed by atoms with Gasteiger partial charge in [0.05, 0.1) is 49.6 Å². The minimum absolute atomic E-state index is 0.0244. The molecular formula is C22H32Cl2N4O4. The van der Waals surface area contributed by atoms with Gasteiger partial charge < -0.3 is 30.9 Å². The van der Waals surface area contributed by atoms with E-state index in [2.05, 4.69) is 15.6 Å². The number of aliphatic hydroxyl groups excluding tert-OH is 1. The minimum Gasteiger partial charge on any atom is -0.404 e. The number of benzene rings is 1. The van der Waals surface area contributed by atoms with E-state index in [1.807, 2.05) is 19.9 Å². The predicted molar refractivity (Wildman–Crippen MR) is 129 cm³/mol. The van der Waals surface area contributed by atoms with Crippen molar-refractivity contribution < 1.29 is 19.4 Å².